The molecule has 2 heterocycles. The van der Waals surface area contributed by atoms with Gasteiger partial charge in [-0.25, -0.2) is 0 Å². The van der Waals surface area contributed by atoms with Gasteiger partial charge in [-0.2, -0.15) is 18.3 Å². The van der Waals surface area contributed by atoms with Gasteiger partial charge in [0.2, 0.25) is 5.91 Å². The zero-order chi connectivity index (χ0) is 21.7. The van der Waals surface area contributed by atoms with Gasteiger partial charge in [-0.3, -0.25) is 14.5 Å². The summed E-state index contributed by atoms with van der Waals surface area (Å²) < 4.78 is 45.3. The molecule has 1 fully saturated rings. The number of hydrogen-bond acceptors (Lipinski definition) is 4. The first-order valence-corrected chi connectivity index (χ1v) is 9.32. The summed E-state index contributed by atoms with van der Waals surface area (Å²) in [6, 6.07) is 4.73. The van der Waals surface area contributed by atoms with Gasteiger partial charge in [-0.05, 0) is 18.2 Å². The number of alkyl halides is 3. The lowest BCUT2D eigenvalue weighted by molar-refractivity contribution is -0.137. The highest BCUT2D eigenvalue weighted by Gasteiger charge is 2.30. The molecule has 0 unspecified atom stereocenters. The lowest BCUT2D eigenvalue weighted by Crippen LogP contribution is -2.55. The van der Waals surface area contributed by atoms with Crippen LogP contribution in [0.1, 0.15) is 5.56 Å². The quantitative estimate of drug-likeness (QED) is 0.267. The Labute approximate surface area is 195 Å². The van der Waals surface area contributed by atoms with Crippen LogP contribution in [0, 0.1) is 0 Å². The molecule has 1 saturated heterocycles. The summed E-state index contributed by atoms with van der Waals surface area (Å²) in [6.07, 6.45) is -0.984. The number of benzene rings is 1. The van der Waals surface area contributed by atoms with E-state index in [1.807, 2.05) is 4.90 Å². The van der Waals surface area contributed by atoms with Gasteiger partial charge in [0.1, 0.15) is 18.9 Å². The minimum absolute atomic E-state index is 0. The van der Waals surface area contributed by atoms with Crippen molar-refractivity contribution >= 4 is 41.5 Å². The number of piperazine rings is 1. The lowest BCUT2D eigenvalue weighted by atomic mass is 10.2. The van der Waals surface area contributed by atoms with Crippen molar-refractivity contribution in [2.24, 2.45) is 12.0 Å². The molecule has 0 saturated carbocycles. The van der Waals surface area contributed by atoms with Crippen LogP contribution in [0.4, 0.5) is 18.9 Å². The predicted octanol–water partition coefficient (Wildman–Crippen LogP) is 2.36. The van der Waals surface area contributed by atoms with Crippen LogP contribution < -0.4 is 15.0 Å². The molecule has 0 aliphatic carbocycles. The van der Waals surface area contributed by atoms with Crippen molar-refractivity contribution < 1.29 is 22.7 Å². The molecule has 0 radical (unpaired) electrons. The maximum atomic E-state index is 12.8. The fourth-order valence-corrected chi connectivity index (χ4v) is 3.10. The summed E-state index contributed by atoms with van der Waals surface area (Å²) in [7, 11) is 3.39. The molecule has 2 aromatic rings. The topological polar surface area (TPSA) is 75.0 Å². The maximum Gasteiger partial charge on any atom is 0.416 e. The van der Waals surface area contributed by atoms with Gasteiger partial charge in [0.15, 0.2) is 5.96 Å². The molecule has 0 atom stereocenters. The van der Waals surface area contributed by atoms with Gasteiger partial charge in [-0.1, -0.05) is 6.07 Å². The molecule has 3 rings (SSSR count). The van der Waals surface area contributed by atoms with E-state index >= 15 is 0 Å². The Bertz CT molecular complexity index is 918. The second-order valence-electron chi connectivity index (χ2n) is 6.69. The smallest absolute Gasteiger partial charge is 0.416 e. The largest absolute Gasteiger partial charge is 0.492 e. The number of carbonyl (C=O) groups excluding carboxylic acids is 1. The number of amides is 1. The summed E-state index contributed by atoms with van der Waals surface area (Å²) in [4.78, 5) is 20.2. The number of rotatable bonds is 5. The van der Waals surface area contributed by atoms with E-state index in [4.69, 9.17) is 4.74 Å². The Morgan fingerprint density at radius 3 is 2.71 bits per heavy atom. The molecule has 31 heavy (non-hydrogen) atoms. The second-order valence-corrected chi connectivity index (χ2v) is 6.69. The second kappa shape index (κ2) is 10.7. The Morgan fingerprint density at radius 1 is 1.32 bits per heavy atom. The molecule has 12 heteroatoms. The first kappa shape index (κ1) is 24.8. The third-order valence-corrected chi connectivity index (χ3v) is 4.55. The number of nitrogens with zero attached hydrogens (tertiary/aromatic N) is 5. The van der Waals surface area contributed by atoms with Crippen LogP contribution in [0.25, 0.3) is 0 Å². The molecule has 1 amide bonds. The number of aromatic nitrogens is 2. The number of ether oxygens (including phenoxy) is 1. The molecule has 1 N–H and O–H groups in total. The first-order valence-electron chi connectivity index (χ1n) is 9.32. The van der Waals surface area contributed by atoms with E-state index < -0.39 is 11.7 Å². The average molecular weight is 552 g/mol. The molecule has 8 nitrogen and oxygen atoms in total. The van der Waals surface area contributed by atoms with Gasteiger partial charge in [0.05, 0.1) is 24.0 Å². The van der Waals surface area contributed by atoms with Gasteiger partial charge in [0, 0.05) is 33.4 Å². The third-order valence-electron chi connectivity index (χ3n) is 4.55. The van der Waals surface area contributed by atoms with Crippen molar-refractivity contribution in [2.75, 3.05) is 44.7 Å². The normalized spacial score (nSPS) is 15.0. The summed E-state index contributed by atoms with van der Waals surface area (Å²) in [5.74, 6) is 0.598. The summed E-state index contributed by atoms with van der Waals surface area (Å²) in [5.41, 5.74) is -0.00616. The highest BCUT2D eigenvalue weighted by atomic mass is 127. The zero-order valence-corrected chi connectivity index (χ0v) is 19.4. The molecule has 1 aromatic heterocycles. The molecule has 0 spiro atoms. The predicted molar refractivity (Wildman–Crippen MR) is 121 cm³/mol. The molecule has 1 aliphatic rings. The van der Waals surface area contributed by atoms with Crippen molar-refractivity contribution in [3.63, 3.8) is 0 Å². The highest BCUT2D eigenvalue weighted by molar-refractivity contribution is 14.0. The van der Waals surface area contributed by atoms with E-state index in [2.05, 4.69) is 15.4 Å². The van der Waals surface area contributed by atoms with Gasteiger partial charge >= 0.3 is 6.18 Å². The fourth-order valence-electron chi connectivity index (χ4n) is 3.10. The molecule has 0 bridgehead atoms. The Balaban J connectivity index is 0.00000341. The van der Waals surface area contributed by atoms with Crippen molar-refractivity contribution in [1.82, 2.24) is 20.0 Å². The van der Waals surface area contributed by atoms with Crippen LogP contribution >= 0.6 is 24.0 Å². The van der Waals surface area contributed by atoms with E-state index in [9.17, 15) is 18.0 Å². The van der Waals surface area contributed by atoms with Crippen LogP contribution in [-0.2, 0) is 18.0 Å². The fraction of sp³-hybridized carbons (Fsp3) is 0.421. The van der Waals surface area contributed by atoms with E-state index in [0.717, 1.165) is 17.8 Å². The van der Waals surface area contributed by atoms with Gasteiger partial charge < -0.3 is 19.9 Å². The lowest BCUT2D eigenvalue weighted by Gasteiger charge is -2.35. The SMILES string of the molecule is CN=C(NCCOc1cccc(C(F)(F)F)c1)N1CCN(c2cnn(C)c2)C(=O)C1.I. The minimum Gasteiger partial charge on any atom is -0.492 e. The molecule has 1 aromatic carbocycles. The Morgan fingerprint density at radius 2 is 2.10 bits per heavy atom. The summed E-state index contributed by atoms with van der Waals surface area (Å²) in [6.45, 7) is 1.69. The number of aryl methyl sites for hydroxylation is 1. The van der Waals surface area contributed by atoms with Crippen LogP contribution in [0.2, 0.25) is 0 Å². The highest BCUT2D eigenvalue weighted by Crippen LogP contribution is 2.31. The van der Waals surface area contributed by atoms with Crippen LogP contribution in [0.5, 0.6) is 5.75 Å². The van der Waals surface area contributed by atoms with E-state index in [1.54, 1.807) is 36.1 Å². The maximum absolute atomic E-state index is 12.8. The standard InChI is InChI=1S/C19H23F3N6O2.HI/c1-23-18(24-6-9-30-16-5-3-4-14(10-16)19(20,21)22)27-7-8-28(17(29)13-27)15-11-25-26(2)12-15;/h3-5,10-12H,6-9,13H2,1-2H3,(H,23,24);1H. The number of halogens is 4. The first-order chi connectivity index (χ1) is 14.3. The molecular weight excluding hydrogens is 528 g/mol. The van der Waals surface area contributed by atoms with Gasteiger partial charge in [0.25, 0.3) is 0 Å². The van der Waals surface area contributed by atoms with Crippen molar-refractivity contribution in [1.29, 1.82) is 0 Å². The average Bonchev–Trinajstić information content (AvgIpc) is 3.13. The van der Waals surface area contributed by atoms with Crippen LogP contribution in [0.15, 0.2) is 41.7 Å². The Hall–Kier alpha value is -2.51. The summed E-state index contributed by atoms with van der Waals surface area (Å²) in [5, 5.41) is 7.16. The third kappa shape index (κ3) is 6.48. The van der Waals surface area contributed by atoms with Crippen LogP contribution in [0.3, 0.4) is 0 Å². The number of hydrogen-bond donors (Lipinski definition) is 1. The summed E-state index contributed by atoms with van der Waals surface area (Å²) >= 11 is 0. The Kier molecular flexibility index (Phi) is 8.53. The molecule has 170 valence electrons. The number of aliphatic imine (C=N–C) groups is 1. The number of guanidine groups is 1. The van der Waals surface area contributed by atoms with E-state index in [0.29, 0.717) is 25.6 Å². The minimum atomic E-state index is -4.41. The van der Waals surface area contributed by atoms with Crippen molar-refractivity contribution in [3.8, 4) is 5.75 Å². The van der Waals surface area contributed by atoms with E-state index in [-0.39, 0.29) is 48.8 Å². The van der Waals surface area contributed by atoms with E-state index in [1.165, 1.54) is 12.1 Å². The van der Waals surface area contributed by atoms with Crippen molar-refractivity contribution in [3.05, 3.63) is 42.2 Å². The van der Waals surface area contributed by atoms with Crippen molar-refractivity contribution in [2.45, 2.75) is 6.18 Å². The number of anilines is 1. The molecule has 1 aliphatic heterocycles. The molecular formula is C19H24F3IN6O2. The van der Waals surface area contributed by atoms with Crippen LogP contribution in [-0.4, -0.2) is 66.4 Å². The zero-order valence-electron chi connectivity index (χ0n) is 17.1. The number of carbonyl (C=O) groups is 1. The van der Waals surface area contributed by atoms with Gasteiger partial charge in [-0.15, -0.1) is 24.0 Å². The monoisotopic (exact) mass is 552 g/mol. The number of nitrogens with one attached hydrogen (secondary N) is 1.